The van der Waals surface area contributed by atoms with Gasteiger partial charge in [-0.2, -0.15) is 4.68 Å². The first-order valence-corrected chi connectivity index (χ1v) is 11.2. The minimum atomic E-state index is 0.0723. The number of tetrazole rings is 1. The van der Waals surface area contributed by atoms with Gasteiger partial charge in [0.2, 0.25) is 0 Å². The van der Waals surface area contributed by atoms with Gasteiger partial charge >= 0.3 is 5.69 Å². The third-order valence-corrected chi connectivity index (χ3v) is 5.88. The molecule has 7 nitrogen and oxygen atoms in total. The van der Waals surface area contributed by atoms with Crippen LogP contribution in [-0.4, -0.2) is 29.3 Å². The smallest absolute Gasteiger partial charge is 0.296 e. The summed E-state index contributed by atoms with van der Waals surface area (Å²) in [6, 6.07) is 16.6. The Morgan fingerprint density at radius 2 is 1.75 bits per heavy atom. The number of para-hydroxylation sites is 1. The molecule has 0 fully saturated rings. The van der Waals surface area contributed by atoms with Crippen molar-refractivity contribution in [3.05, 3.63) is 82.8 Å². The molecule has 0 aliphatic rings. The zero-order valence-corrected chi connectivity index (χ0v) is 19.1. The lowest BCUT2D eigenvalue weighted by molar-refractivity contribution is 0.504. The molecule has 2 heterocycles. The minimum Gasteiger partial charge on any atom is -0.296 e. The topological polar surface area (TPSA) is 70.5 Å². The molecule has 1 atom stereocenters. The van der Waals surface area contributed by atoms with Gasteiger partial charge in [-0.3, -0.25) is 9.13 Å². The van der Waals surface area contributed by atoms with Gasteiger partial charge in [-0.15, -0.1) is 5.10 Å². The molecule has 32 heavy (non-hydrogen) atoms. The van der Waals surface area contributed by atoms with Crippen LogP contribution in [-0.2, 0) is 13.0 Å². The van der Waals surface area contributed by atoms with Crippen LogP contribution in [0.1, 0.15) is 51.4 Å². The van der Waals surface area contributed by atoms with Crippen molar-refractivity contribution in [3.63, 3.8) is 0 Å². The van der Waals surface area contributed by atoms with E-state index < -0.39 is 0 Å². The molecule has 0 spiro atoms. The number of benzene rings is 2. The molecular formula is C25H30N6O. The van der Waals surface area contributed by atoms with E-state index >= 15 is 0 Å². The van der Waals surface area contributed by atoms with E-state index in [0.717, 1.165) is 40.9 Å². The van der Waals surface area contributed by atoms with Crippen LogP contribution in [0.5, 0.6) is 0 Å². The second-order valence-corrected chi connectivity index (χ2v) is 8.72. The Bertz CT molecular complexity index is 1220. The average molecular weight is 431 g/mol. The number of imidazole rings is 1. The molecule has 0 aliphatic heterocycles. The van der Waals surface area contributed by atoms with E-state index in [2.05, 4.69) is 73.6 Å². The molecule has 0 bridgehead atoms. The van der Waals surface area contributed by atoms with Crippen molar-refractivity contribution in [1.29, 1.82) is 0 Å². The molecule has 0 N–H and O–H groups in total. The predicted molar refractivity (Wildman–Crippen MR) is 126 cm³/mol. The van der Waals surface area contributed by atoms with Crippen LogP contribution in [0.2, 0.25) is 0 Å². The lowest BCUT2D eigenvalue weighted by Crippen LogP contribution is -2.27. The summed E-state index contributed by atoms with van der Waals surface area (Å²) in [5, 5.41) is 11.5. The number of nitrogens with zero attached hydrogens (tertiary/aromatic N) is 6. The highest BCUT2D eigenvalue weighted by molar-refractivity contribution is 5.72. The number of hydrogen-bond acceptors (Lipinski definition) is 4. The Balaban J connectivity index is 1.65. The quantitative estimate of drug-likeness (QED) is 0.412. The van der Waals surface area contributed by atoms with Crippen LogP contribution >= 0.6 is 0 Å². The summed E-state index contributed by atoms with van der Waals surface area (Å²) in [6.45, 7) is 9.15. The van der Waals surface area contributed by atoms with Crippen molar-refractivity contribution in [2.75, 3.05) is 0 Å². The first-order chi connectivity index (χ1) is 15.5. The third kappa shape index (κ3) is 4.42. The van der Waals surface area contributed by atoms with Gasteiger partial charge in [0, 0.05) is 23.5 Å². The fourth-order valence-corrected chi connectivity index (χ4v) is 3.97. The van der Waals surface area contributed by atoms with Gasteiger partial charge in [0.05, 0.1) is 12.2 Å². The SMILES string of the molecule is CCC(C)n1cc(CC(C)C)n(Cc2ccc(-c3ccccc3-n3cnnn3)cc2)c1=O. The predicted octanol–water partition coefficient (Wildman–Crippen LogP) is 4.51. The van der Waals surface area contributed by atoms with Crippen molar-refractivity contribution >= 4 is 0 Å². The second-order valence-electron chi connectivity index (χ2n) is 8.72. The first kappa shape index (κ1) is 21.7. The number of hydrogen-bond donors (Lipinski definition) is 0. The Morgan fingerprint density at radius 1 is 1.00 bits per heavy atom. The lowest BCUT2D eigenvalue weighted by atomic mass is 10.0. The van der Waals surface area contributed by atoms with E-state index in [-0.39, 0.29) is 11.7 Å². The first-order valence-electron chi connectivity index (χ1n) is 11.2. The summed E-state index contributed by atoms with van der Waals surface area (Å²) >= 11 is 0. The maximum atomic E-state index is 13.1. The Labute approximate surface area is 188 Å². The summed E-state index contributed by atoms with van der Waals surface area (Å²) in [6.07, 6.45) is 5.46. The maximum absolute atomic E-state index is 13.1. The molecule has 0 amide bonds. The molecule has 0 saturated heterocycles. The maximum Gasteiger partial charge on any atom is 0.328 e. The Hall–Kier alpha value is -3.48. The molecule has 2 aromatic carbocycles. The van der Waals surface area contributed by atoms with E-state index in [1.807, 2.05) is 33.5 Å². The second kappa shape index (κ2) is 9.34. The highest BCUT2D eigenvalue weighted by Gasteiger charge is 2.16. The van der Waals surface area contributed by atoms with Gasteiger partial charge in [0.1, 0.15) is 6.33 Å². The molecule has 0 radical (unpaired) electrons. The molecule has 4 rings (SSSR count). The molecule has 4 aromatic rings. The van der Waals surface area contributed by atoms with E-state index in [0.29, 0.717) is 12.5 Å². The van der Waals surface area contributed by atoms with Crippen molar-refractivity contribution in [2.24, 2.45) is 5.92 Å². The van der Waals surface area contributed by atoms with Crippen molar-refractivity contribution < 1.29 is 0 Å². The summed E-state index contributed by atoms with van der Waals surface area (Å²) in [5.41, 5.74) is 5.31. The normalized spacial score (nSPS) is 12.4. The van der Waals surface area contributed by atoms with Gasteiger partial charge in [-0.1, -0.05) is 63.2 Å². The zero-order chi connectivity index (χ0) is 22.7. The standard InChI is InChI=1S/C25H30N6O/c1-5-19(4)29-16-22(14-18(2)3)30(25(29)32)15-20-10-12-21(13-11-20)23-8-6-7-9-24(23)31-17-26-27-28-31/h6-13,16-19H,5,14-15H2,1-4H3. The fraction of sp³-hybridized carbons (Fsp3) is 0.360. The van der Waals surface area contributed by atoms with Gasteiger partial charge < -0.3 is 0 Å². The molecular weight excluding hydrogens is 400 g/mol. The van der Waals surface area contributed by atoms with E-state index in [1.165, 1.54) is 0 Å². The Kier molecular flexibility index (Phi) is 6.35. The Morgan fingerprint density at radius 3 is 2.41 bits per heavy atom. The van der Waals surface area contributed by atoms with Gasteiger partial charge in [0.15, 0.2) is 0 Å². The van der Waals surface area contributed by atoms with E-state index in [1.54, 1.807) is 11.0 Å². The summed E-state index contributed by atoms with van der Waals surface area (Å²) in [5.74, 6) is 0.485. The monoisotopic (exact) mass is 430 g/mol. The molecule has 7 heteroatoms. The molecule has 0 saturated carbocycles. The van der Waals surface area contributed by atoms with Crippen LogP contribution in [0.4, 0.5) is 0 Å². The van der Waals surface area contributed by atoms with Crippen LogP contribution in [0.25, 0.3) is 16.8 Å². The highest BCUT2D eigenvalue weighted by atomic mass is 16.1. The average Bonchev–Trinajstić information content (AvgIpc) is 3.43. The summed E-state index contributed by atoms with van der Waals surface area (Å²) in [7, 11) is 0. The molecule has 1 unspecified atom stereocenters. The third-order valence-electron chi connectivity index (χ3n) is 5.88. The van der Waals surface area contributed by atoms with Gasteiger partial charge in [-0.05, 0) is 53.3 Å². The lowest BCUT2D eigenvalue weighted by Gasteiger charge is -2.11. The minimum absolute atomic E-state index is 0.0723. The molecule has 0 aliphatic carbocycles. The zero-order valence-electron chi connectivity index (χ0n) is 19.1. The van der Waals surface area contributed by atoms with Crippen LogP contribution in [0.15, 0.2) is 65.8 Å². The van der Waals surface area contributed by atoms with Crippen molar-refractivity contribution in [2.45, 2.75) is 53.1 Å². The highest BCUT2D eigenvalue weighted by Crippen LogP contribution is 2.26. The van der Waals surface area contributed by atoms with Crippen molar-refractivity contribution in [3.8, 4) is 16.8 Å². The van der Waals surface area contributed by atoms with E-state index in [4.69, 9.17) is 0 Å². The largest absolute Gasteiger partial charge is 0.328 e. The molecule has 166 valence electrons. The van der Waals surface area contributed by atoms with Crippen molar-refractivity contribution in [1.82, 2.24) is 29.3 Å². The van der Waals surface area contributed by atoms with Gasteiger partial charge in [-0.25, -0.2) is 4.79 Å². The summed E-state index contributed by atoms with van der Waals surface area (Å²) in [4.78, 5) is 13.1. The van der Waals surface area contributed by atoms with Crippen LogP contribution in [0.3, 0.4) is 0 Å². The number of rotatable bonds is 8. The van der Waals surface area contributed by atoms with Crippen LogP contribution < -0.4 is 5.69 Å². The van der Waals surface area contributed by atoms with Gasteiger partial charge in [0.25, 0.3) is 0 Å². The summed E-state index contributed by atoms with van der Waals surface area (Å²) < 4.78 is 5.48. The van der Waals surface area contributed by atoms with E-state index in [9.17, 15) is 4.79 Å². The fourth-order valence-electron chi connectivity index (χ4n) is 3.97. The molecule has 2 aromatic heterocycles. The number of aromatic nitrogens is 6. The van der Waals surface area contributed by atoms with Crippen LogP contribution in [0, 0.1) is 5.92 Å².